The summed E-state index contributed by atoms with van der Waals surface area (Å²) in [5.74, 6) is -0.623. The number of fused-ring (bicyclic) bond motifs is 1. The topological polar surface area (TPSA) is 118 Å². The number of furan rings is 1. The Morgan fingerprint density at radius 1 is 1.00 bits per heavy atom. The first-order valence-corrected chi connectivity index (χ1v) is 9.97. The molecule has 146 valence electrons. The molecule has 0 bridgehead atoms. The van der Waals surface area contributed by atoms with Crippen molar-refractivity contribution in [3.8, 4) is 0 Å². The minimum Gasteiger partial charge on any atom is -0.469 e. The average Bonchev–Trinajstić information content (AvgIpc) is 3.11. The third kappa shape index (κ3) is 4.56. The first-order valence-electron chi connectivity index (χ1n) is 8.48. The summed E-state index contributed by atoms with van der Waals surface area (Å²) >= 11 is 0. The maximum Gasteiger partial charge on any atom is 0.273 e. The van der Waals surface area contributed by atoms with E-state index in [-0.39, 0.29) is 17.9 Å². The molecule has 3 N–H and O–H groups in total. The molecule has 8 nitrogen and oxygen atoms in total. The summed E-state index contributed by atoms with van der Waals surface area (Å²) in [6.07, 6.45) is 1.23. The van der Waals surface area contributed by atoms with E-state index in [1.807, 2.05) is 24.3 Å². The van der Waals surface area contributed by atoms with E-state index < -0.39 is 21.8 Å². The van der Waals surface area contributed by atoms with Gasteiger partial charge in [-0.25, -0.2) is 13.1 Å². The molecule has 0 aliphatic heterocycles. The molecular formula is C19H19N3O5S. The number of hydrogen-bond donors (Lipinski definition) is 3. The Morgan fingerprint density at radius 2 is 1.75 bits per heavy atom. The molecule has 0 atom stereocenters. The van der Waals surface area contributed by atoms with Crippen LogP contribution in [0.25, 0.3) is 10.8 Å². The minimum atomic E-state index is -3.75. The van der Waals surface area contributed by atoms with Gasteiger partial charge in [0, 0.05) is 13.0 Å². The first-order chi connectivity index (χ1) is 13.4. The summed E-state index contributed by atoms with van der Waals surface area (Å²) in [5.41, 5.74) is 4.79. The second-order valence-electron chi connectivity index (χ2n) is 6.05. The monoisotopic (exact) mass is 401 g/mol. The molecule has 1 aromatic heterocycles. The van der Waals surface area contributed by atoms with Gasteiger partial charge in [0.15, 0.2) is 0 Å². The summed E-state index contributed by atoms with van der Waals surface area (Å²) in [7, 11) is -3.75. The number of nitrogens with one attached hydrogen (secondary N) is 3. The Balaban J connectivity index is 1.51. The lowest BCUT2D eigenvalue weighted by molar-refractivity contribution is -0.121. The van der Waals surface area contributed by atoms with E-state index in [1.165, 1.54) is 18.4 Å². The number of hydrogen-bond acceptors (Lipinski definition) is 5. The van der Waals surface area contributed by atoms with Crippen LogP contribution in [-0.4, -0.2) is 26.8 Å². The molecule has 1 heterocycles. The maximum atomic E-state index is 12.4. The van der Waals surface area contributed by atoms with E-state index in [9.17, 15) is 18.0 Å². The van der Waals surface area contributed by atoms with Crippen molar-refractivity contribution in [3.05, 3.63) is 66.1 Å². The second-order valence-corrected chi connectivity index (χ2v) is 7.82. The average molecular weight is 401 g/mol. The summed E-state index contributed by atoms with van der Waals surface area (Å²) < 4.78 is 32.2. The van der Waals surface area contributed by atoms with Crippen LogP contribution in [0.3, 0.4) is 0 Å². The fourth-order valence-corrected chi connectivity index (χ4v) is 3.66. The molecule has 0 saturated carbocycles. The van der Waals surface area contributed by atoms with Gasteiger partial charge in [-0.3, -0.25) is 20.4 Å². The number of rotatable bonds is 6. The van der Waals surface area contributed by atoms with Gasteiger partial charge in [0.1, 0.15) is 5.76 Å². The van der Waals surface area contributed by atoms with Crippen molar-refractivity contribution in [2.24, 2.45) is 0 Å². The van der Waals surface area contributed by atoms with Crippen LogP contribution in [-0.2, 0) is 14.8 Å². The van der Waals surface area contributed by atoms with Crippen molar-refractivity contribution in [1.29, 1.82) is 0 Å². The van der Waals surface area contributed by atoms with Gasteiger partial charge in [-0.05, 0) is 35.9 Å². The highest BCUT2D eigenvalue weighted by molar-refractivity contribution is 7.89. The predicted molar refractivity (Wildman–Crippen MR) is 103 cm³/mol. The van der Waals surface area contributed by atoms with E-state index in [0.717, 1.165) is 10.8 Å². The van der Waals surface area contributed by atoms with Crippen molar-refractivity contribution in [2.45, 2.75) is 18.2 Å². The molecule has 3 aromatic rings. The standard InChI is InChI=1S/C19H19N3O5S/c1-13-17(9-11-27-13)19(24)22-21-18(23)8-10-20-28(25,26)16-7-6-14-4-2-3-5-15(14)12-16/h2-7,9,11-12,20H,8,10H2,1H3,(H,21,23)(H,22,24). The SMILES string of the molecule is Cc1occc1C(=O)NNC(=O)CCNS(=O)(=O)c1ccc2ccccc2c1. The van der Waals surface area contributed by atoms with E-state index in [1.54, 1.807) is 19.1 Å². The molecule has 0 saturated heterocycles. The van der Waals surface area contributed by atoms with E-state index >= 15 is 0 Å². The molecule has 28 heavy (non-hydrogen) atoms. The Kier molecular flexibility index (Phi) is 5.76. The molecule has 0 aliphatic rings. The highest BCUT2D eigenvalue weighted by Gasteiger charge is 2.15. The van der Waals surface area contributed by atoms with Crippen LogP contribution in [0.2, 0.25) is 0 Å². The number of carbonyl (C=O) groups excluding carboxylic acids is 2. The maximum absolute atomic E-state index is 12.4. The van der Waals surface area contributed by atoms with Crippen LogP contribution in [0.5, 0.6) is 0 Å². The Hall–Kier alpha value is -3.17. The molecule has 0 radical (unpaired) electrons. The number of amides is 2. The van der Waals surface area contributed by atoms with Gasteiger partial charge in [-0.2, -0.15) is 0 Å². The van der Waals surface area contributed by atoms with Gasteiger partial charge in [0.25, 0.3) is 5.91 Å². The zero-order chi connectivity index (χ0) is 20.1. The van der Waals surface area contributed by atoms with Crippen molar-refractivity contribution < 1.29 is 22.4 Å². The molecule has 2 aromatic carbocycles. The van der Waals surface area contributed by atoms with Crippen molar-refractivity contribution in [3.63, 3.8) is 0 Å². The lowest BCUT2D eigenvalue weighted by atomic mass is 10.1. The summed E-state index contributed by atoms with van der Waals surface area (Å²) in [6, 6.07) is 13.7. The molecule has 2 amide bonds. The highest BCUT2D eigenvalue weighted by Crippen LogP contribution is 2.18. The zero-order valence-corrected chi connectivity index (χ0v) is 15.9. The smallest absolute Gasteiger partial charge is 0.273 e. The molecule has 9 heteroatoms. The molecule has 3 rings (SSSR count). The second kappa shape index (κ2) is 8.24. The minimum absolute atomic E-state index is 0.110. The molecule has 0 fully saturated rings. The van der Waals surface area contributed by atoms with Crippen LogP contribution < -0.4 is 15.6 Å². The predicted octanol–water partition coefficient (Wildman–Crippen LogP) is 1.87. The van der Waals surface area contributed by atoms with E-state index in [0.29, 0.717) is 11.3 Å². The number of aryl methyl sites for hydroxylation is 1. The normalized spacial score (nSPS) is 11.3. The Morgan fingerprint density at radius 3 is 2.46 bits per heavy atom. The Bertz CT molecular complexity index is 1120. The molecule has 0 unspecified atom stereocenters. The highest BCUT2D eigenvalue weighted by atomic mass is 32.2. The van der Waals surface area contributed by atoms with E-state index in [4.69, 9.17) is 4.42 Å². The Labute approximate surface area is 161 Å². The first kappa shape index (κ1) is 19.6. The number of sulfonamides is 1. The number of benzene rings is 2. The van der Waals surface area contributed by atoms with Crippen LogP contribution in [0.4, 0.5) is 0 Å². The third-order valence-corrected chi connectivity index (χ3v) is 5.55. The summed E-state index contributed by atoms with van der Waals surface area (Å²) in [4.78, 5) is 23.8. The number of carbonyl (C=O) groups is 2. The van der Waals surface area contributed by atoms with Gasteiger partial charge in [-0.15, -0.1) is 0 Å². The lowest BCUT2D eigenvalue weighted by Crippen LogP contribution is -2.42. The van der Waals surface area contributed by atoms with Crippen molar-refractivity contribution in [2.75, 3.05) is 6.54 Å². The third-order valence-electron chi connectivity index (χ3n) is 4.09. The molecule has 0 spiro atoms. The quantitative estimate of drug-likeness (QED) is 0.545. The lowest BCUT2D eigenvalue weighted by Gasteiger charge is -2.09. The van der Waals surface area contributed by atoms with Crippen LogP contribution >= 0.6 is 0 Å². The van der Waals surface area contributed by atoms with Gasteiger partial charge >= 0.3 is 0 Å². The van der Waals surface area contributed by atoms with Gasteiger partial charge in [0.2, 0.25) is 15.9 Å². The zero-order valence-electron chi connectivity index (χ0n) is 15.1. The van der Waals surface area contributed by atoms with Gasteiger partial charge < -0.3 is 4.42 Å². The van der Waals surface area contributed by atoms with Crippen LogP contribution in [0.15, 0.2) is 64.1 Å². The number of hydrazine groups is 1. The van der Waals surface area contributed by atoms with Crippen LogP contribution in [0.1, 0.15) is 22.5 Å². The van der Waals surface area contributed by atoms with E-state index in [2.05, 4.69) is 15.6 Å². The largest absolute Gasteiger partial charge is 0.469 e. The fraction of sp³-hybridized carbons (Fsp3) is 0.158. The fourth-order valence-electron chi connectivity index (χ4n) is 2.59. The summed E-state index contributed by atoms with van der Waals surface area (Å²) in [6.45, 7) is 1.51. The van der Waals surface area contributed by atoms with Crippen LogP contribution in [0, 0.1) is 6.92 Å². The van der Waals surface area contributed by atoms with Crippen molar-refractivity contribution >= 4 is 32.6 Å². The van der Waals surface area contributed by atoms with Gasteiger partial charge in [-0.1, -0.05) is 30.3 Å². The molecular weight excluding hydrogens is 382 g/mol. The van der Waals surface area contributed by atoms with Gasteiger partial charge in [0.05, 0.1) is 16.7 Å². The summed E-state index contributed by atoms with van der Waals surface area (Å²) in [5, 5.41) is 1.74. The molecule has 0 aliphatic carbocycles. The van der Waals surface area contributed by atoms with Crippen molar-refractivity contribution in [1.82, 2.24) is 15.6 Å².